The van der Waals surface area contributed by atoms with Crippen molar-refractivity contribution in [3.8, 4) is 5.69 Å². The van der Waals surface area contributed by atoms with Gasteiger partial charge in [0, 0.05) is 0 Å². The number of hydrogen-bond acceptors (Lipinski definition) is 5. The van der Waals surface area contributed by atoms with Crippen LogP contribution in [0, 0.1) is 6.92 Å². The summed E-state index contributed by atoms with van der Waals surface area (Å²) in [5.74, 6) is -0.00146. The first-order valence-corrected chi connectivity index (χ1v) is 9.04. The monoisotopic (exact) mass is 342 g/mol. The quantitative estimate of drug-likeness (QED) is 0.787. The van der Waals surface area contributed by atoms with Gasteiger partial charge >= 0.3 is 0 Å². The number of nitrogens with zero attached hydrogens (tertiary/aromatic N) is 3. The van der Waals surface area contributed by atoms with Gasteiger partial charge in [-0.2, -0.15) is 4.68 Å². The zero-order valence-corrected chi connectivity index (χ0v) is 14.3. The molecule has 124 valence electrons. The summed E-state index contributed by atoms with van der Waals surface area (Å²) >= 11 is 0. The molecule has 0 saturated carbocycles. The molecule has 0 amide bonds. The highest BCUT2D eigenvalue weighted by molar-refractivity contribution is 7.91. The molecule has 0 atom stereocenters. The first-order chi connectivity index (χ1) is 11.4. The average molecular weight is 342 g/mol. The van der Waals surface area contributed by atoms with Crippen LogP contribution in [0.4, 0.5) is 5.82 Å². The number of rotatable bonds is 4. The molecule has 0 fully saturated rings. The van der Waals surface area contributed by atoms with Crippen LogP contribution in [0.1, 0.15) is 18.1 Å². The Labute approximate surface area is 140 Å². The maximum absolute atomic E-state index is 12.8. The number of benzene rings is 2. The summed E-state index contributed by atoms with van der Waals surface area (Å²) in [6, 6.07) is 14.1. The van der Waals surface area contributed by atoms with Crippen LogP contribution in [0.2, 0.25) is 0 Å². The lowest BCUT2D eigenvalue weighted by Crippen LogP contribution is -2.08. The summed E-state index contributed by atoms with van der Waals surface area (Å²) in [6.45, 7) is 3.97. The zero-order chi connectivity index (χ0) is 17.3. The van der Waals surface area contributed by atoms with Crippen LogP contribution in [0.25, 0.3) is 5.69 Å². The van der Waals surface area contributed by atoms with Crippen LogP contribution in [-0.2, 0) is 16.3 Å². The summed E-state index contributed by atoms with van der Waals surface area (Å²) in [5.41, 5.74) is 8.82. The van der Waals surface area contributed by atoms with Gasteiger partial charge in [0.25, 0.3) is 0 Å². The summed E-state index contributed by atoms with van der Waals surface area (Å²) < 4.78 is 26.8. The van der Waals surface area contributed by atoms with Gasteiger partial charge in [-0.25, -0.2) is 8.42 Å². The van der Waals surface area contributed by atoms with E-state index >= 15 is 0 Å². The zero-order valence-electron chi connectivity index (χ0n) is 13.5. The Morgan fingerprint density at radius 3 is 2.25 bits per heavy atom. The van der Waals surface area contributed by atoms with E-state index in [4.69, 9.17) is 5.73 Å². The standard InChI is InChI=1S/C17H18N4O2S/c1-3-13-6-10-15(11-7-13)24(22,23)17-16(18)21(20-19-17)14-8-4-12(2)5-9-14/h4-11H,3,18H2,1-2H3. The molecule has 1 aromatic heterocycles. The average Bonchev–Trinajstić information content (AvgIpc) is 2.98. The summed E-state index contributed by atoms with van der Waals surface area (Å²) in [4.78, 5) is 0.155. The van der Waals surface area contributed by atoms with Crippen LogP contribution in [0.3, 0.4) is 0 Å². The Morgan fingerprint density at radius 2 is 1.67 bits per heavy atom. The van der Waals surface area contributed by atoms with Gasteiger partial charge < -0.3 is 5.73 Å². The minimum Gasteiger partial charge on any atom is -0.381 e. The number of aryl methyl sites for hydroxylation is 2. The molecule has 24 heavy (non-hydrogen) atoms. The smallest absolute Gasteiger partial charge is 0.229 e. The van der Waals surface area contributed by atoms with E-state index in [1.807, 2.05) is 38.1 Å². The van der Waals surface area contributed by atoms with Crippen molar-refractivity contribution in [1.29, 1.82) is 0 Å². The van der Waals surface area contributed by atoms with Gasteiger partial charge in [-0.05, 0) is 43.2 Å². The fourth-order valence-electron chi connectivity index (χ4n) is 2.36. The van der Waals surface area contributed by atoms with Crippen molar-refractivity contribution in [3.05, 3.63) is 59.7 Å². The molecular weight excluding hydrogens is 324 g/mol. The van der Waals surface area contributed by atoms with Gasteiger partial charge in [-0.1, -0.05) is 42.0 Å². The van der Waals surface area contributed by atoms with E-state index in [2.05, 4.69) is 10.3 Å². The first-order valence-electron chi connectivity index (χ1n) is 7.55. The van der Waals surface area contributed by atoms with Gasteiger partial charge in [0.15, 0.2) is 5.82 Å². The summed E-state index contributed by atoms with van der Waals surface area (Å²) in [7, 11) is -3.81. The van der Waals surface area contributed by atoms with E-state index in [0.29, 0.717) is 5.69 Å². The number of anilines is 1. The van der Waals surface area contributed by atoms with Gasteiger partial charge in [0.05, 0.1) is 10.6 Å². The lowest BCUT2D eigenvalue weighted by atomic mass is 10.2. The van der Waals surface area contributed by atoms with Crippen molar-refractivity contribution in [2.75, 3.05) is 5.73 Å². The summed E-state index contributed by atoms with van der Waals surface area (Å²) in [6.07, 6.45) is 0.839. The van der Waals surface area contributed by atoms with Gasteiger partial charge in [-0.3, -0.25) is 0 Å². The Morgan fingerprint density at radius 1 is 1.04 bits per heavy atom. The first kappa shape index (κ1) is 16.2. The second-order valence-corrected chi connectivity index (χ2v) is 7.39. The lowest BCUT2D eigenvalue weighted by Gasteiger charge is -2.05. The van der Waals surface area contributed by atoms with E-state index in [1.54, 1.807) is 24.3 Å². The van der Waals surface area contributed by atoms with Crippen LogP contribution in [-0.4, -0.2) is 23.4 Å². The molecule has 0 aliphatic carbocycles. The number of nitrogens with two attached hydrogens (primary N) is 1. The van der Waals surface area contributed by atoms with Gasteiger partial charge in [-0.15, -0.1) is 5.10 Å². The van der Waals surface area contributed by atoms with E-state index in [1.165, 1.54) is 4.68 Å². The van der Waals surface area contributed by atoms with Crippen LogP contribution >= 0.6 is 0 Å². The fraction of sp³-hybridized carbons (Fsp3) is 0.176. The largest absolute Gasteiger partial charge is 0.381 e. The van der Waals surface area contributed by atoms with Gasteiger partial charge in [0.2, 0.25) is 14.9 Å². The maximum Gasteiger partial charge on any atom is 0.229 e. The molecule has 2 N–H and O–H groups in total. The Kier molecular flexibility index (Phi) is 4.11. The highest BCUT2D eigenvalue weighted by Gasteiger charge is 2.26. The molecule has 0 saturated heterocycles. The van der Waals surface area contributed by atoms with Crippen LogP contribution in [0.5, 0.6) is 0 Å². The molecule has 6 nitrogen and oxygen atoms in total. The molecular formula is C17H18N4O2S. The molecule has 0 radical (unpaired) electrons. The topological polar surface area (TPSA) is 90.9 Å². The van der Waals surface area contributed by atoms with Crippen molar-refractivity contribution in [2.24, 2.45) is 0 Å². The second-order valence-electron chi connectivity index (χ2n) is 5.53. The molecule has 2 aromatic carbocycles. The molecule has 3 aromatic rings. The van der Waals surface area contributed by atoms with Crippen molar-refractivity contribution < 1.29 is 8.42 Å². The molecule has 0 unspecified atom stereocenters. The third-order valence-electron chi connectivity index (χ3n) is 3.85. The normalized spacial score (nSPS) is 11.6. The lowest BCUT2D eigenvalue weighted by molar-refractivity contribution is 0.592. The Balaban J connectivity index is 2.04. The minimum absolute atomic E-state index is 0.00146. The Bertz CT molecular complexity index is 959. The number of sulfone groups is 1. The third kappa shape index (κ3) is 2.78. The van der Waals surface area contributed by atoms with Gasteiger partial charge in [0.1, 0.15) is 0 Å². The molecule has 0 aliphatic heterocycles. The fourth-order valence-corrected chi connectivity index (χ4v) is 3.58. The number of aromatic nitrogens is 3. The van der Waals surface area contributed by atoms with Crippen molar-refractivity contribution in [3.63, 3.8) is 0 Å². The van der Waals surface area contributed by atoms with E-state index in [9.17, 15) is 8.42 Å². The summed E-state index contributed by atoms with van der Waals surface area (Å²) in [5, 5.41) is 7.48. The highest BCUT2D eigenvalue weighted by Crippen LogP contribution is 2.25. The van der Waals surface area contributed by atoms with Crippen molar-refractivity contribution in [2.45, 2.75) is 30.2 Å². The number of nitrogen functional groups attached to an aromatic ring is 1. The minimum atomic E-state index is -3.81. The van der Waals surface area contributed by atoms with Crippen LogP contribution in [0.15, 0.2) is 58.5 Å². The van der Waals surface area contributed by atoms with Crippen molar-refractivity contribution in [1.82, 2.24) is 15.0 Å². The number of hydrogen-bond donors (Lipinski definition) is 1. The SMILES string of the molecule is CCc1ccc(S(=O)(=O)c2nnn(-c3ccc(C)cc3)c2N)cc1. The molecule has 0 bridgehead atoms. The molecule has 1 heterocycles. The van der Waals surface area contributed by atoms with Crippen molar-refractivity contribution >= 4 is 15.7 Å². The maximum atomic E-state index is 12.8. The van der Waals surface area contributed by atoms with E-state index < -0.39 is 9.84 Å². The second kappa shape index (κ2) is 6.09. The molecule has 0 spiro atoms. The Hall–Kier alpha value is -2.67. The third-order valence-corrected chi connectivity index (χ3v) is 5.54. The molecule has 7 heteroatoms. The predicted octanol–water partition coefficient (Wildman–Crippen LogP) is 2.55. The highest BCUT2D eigenvalue weighted by atomic mass is 32.2. The van der Waals surface area contributed by atoms with E-state index in [-0.39, 0.29) is 15.7 Å². The molecule has 3 rings (SSSR count). The predicted molar refractivity (Wildman–Crippen MR) is 91.8 cm³/mol. The van der Waals surface area contributed by atoms with Crippen LogP contribution < -0.4 is 5.73 Å². The van der Waals surface area contributed by atoms with E-state index in [0.717, 1.165) is 17.5 Å². The molecule has 0 aliphatic rings.